The molecule has 0 aliphatic rings. The summed E-state index contributed by atoms with van der Waals surface area (Å²) >= 11 is 0. The van der Waals surface area contributed by atoms with E-state index in [1.165, 1.54) is 14.2 Å². The minimum atomic E-state index is -1.49. The van der Waals surface area contributed by atoms with Crippen LogP contribution < -0.4 is 0 Å². The van der Waals surface area contributed by atoms with Gasteiger partial charge in [0.2, 0.25) is 0 Å². The van der Waals surface area contributed by atoms with E-state index in [9.17, 15) is 9.59 Å². The second-order valence-electron chi connectivity index (χ2n) is 6.19. The lowest BCUT2D eigenvalue weighted by Crippen LogP contribution is -2.40. The van der Waals surface area contributed by atoms with Crippen molar-refractivity contribution in [2.24, 2.45) is 5.41 Å². The Labute approximate surface area is 178 Å². The third-order valence-electron chi connectivity index (χ3n) is 4.15. The van der Waals surface area contributed by atoms with Crippen LogP contribution >= 0.6 is 0 Å². The number of ether oxygens (including phenoxy) is 4. The van der Waals surface area contributed by atoms with Crippen LogP contribution in [0.25, 0.3) is 0 Å². The van der Waals surface area contributed by atoms with E-state index >= 15 is 0 Å². The molecular formula is C24H28O6. The largest absolute Gasteiger partial charge is 0.468 e. The quantitative estimate of drug-likeness (QED) is 0.183. The summed E-state index contributed by atoms with van der Waals surface area (Å²) in [6.07, 6.45) is 3.51. The fourth-order valence-corrected chi connectivity index (χ4v) is 2.52. The zero-order chi connectivity index (χ0) is 22.1. The molecule has 0 bridgehead atoms. The fourth-order valence-electron chi connectivity index (χ4n) is 2.52. The van der Waals surface area contributed by atoms with Gasteiger partial charge in [-0.15, -0.1) is 11.8 Å². The van der Waals surface area contributed by atoms with Crippen molar-refractivity contribution in [2.75, 3.05) is 34.0 Å². The first-order chi connectivity index (χ1) is 14.6. The van der Waals surface area contributed by atoms with Gasteiger partial charge in [0.25, 0.3) is 0 Å². The summed E-state index contributed by atoms with van der Waals surface area (Å²) < 4.78 is 20.5. The first kappa shape index (κ1) is 25.0. The molecular weight excluding hydrogens is 384 g/mol. The number of carbonyl (C=O) groups excluding carboxylic acids is 2. The summed E-state index contributed by atoms with van der Waals surface area (Å²) in [5.74, 6) is 9.85. The van der Waals surface area contributed by atoms with Gasteiger partial charge in [0.05, 0.1) is 27.4 Å². The van der Waals surface area contributed by atoms with Crippen molar-refractivity contribution in [3.8, 4) is 23.7 Å². The monoisotopic (exact) mass is 412 g/mol. The van der Waals surface area contributed by atoms with Crippen LogP contribution in [0.15, 0.2) is 42.5 Å². The molecule has 0 radical (unpaired) electrons. The third kappa shape index (κ3) is 8.53. The lowest BCUT2D eigenvalue weighted by Gasteiger charge is -2.24. The first-order valence-electron chi connectivity index (χ1n) is 9.47. The molecule has 30 heavy (non-hydrogen) atoms. The van der Waals surface area contributed by atoms with E-state index in [4.69, 9.17) is 18.9 Å². The van der Waals surface area contributed by atoms with Crippen LogP contribution in [0.1, 0.15) is 25.3 Å². The summed E-state index contributed by atoms with van der Waals surface area (Å²) in [6.45, 7) is 3.02. The standard InChI is InChI=1S/C24H28O6/c1-4-5-15-24(22(25)27-2,23(26)28-3)16-9-10-17-29-18-11-12-19-30-20-21-13-7-6-8-14-21/h6-10,13-14H,15-20H2,1-3H3/b10-9+. The van der Waals surface area contributed by atoms with Gasteiger partial charge in [-0.05, 0) is 18.9 Å². The maximum absolute atomic E-state index is 12.2. The van der Waals surface area contributed by atoms with Gasteiger partial charge in [0, 0.05) is 6.42 Å². The number of carbonyl (C=O) groups is 2. The molecule has 0 unspecified atom stereocenters. The Balaban J connectivity index is 2.40. The molecule has 0 heterocycles. The number of methoxy groups -OCH3 is 2. The van der Waals surface area contributed by atoms with Crippen LogP contribution in [0.5, 0.6) is 0 Å². The van der Waals surface area contributed by atoms with Gasteiger partial charge in [-0.1, -0.05) is 54.3 Å². The Bertz CT molecular complexity index is 789. The van der Waals surface area contributed by atoms with E-state index in [-0.39, 0.29) is 26.1 Å². The van der Waals surface area contributed by atoms with Gasteiger partial charge >= 0.3 is 11.9 Å². The summed E-state index contributed by atoms with van der Waals surface area (Å²) in [5, 5.41) is 0. The predicted octanol–water partition coefficient (Wildman–Crippen LogP) is 2.92. The highest BCUT2D eigenvalue weighted by molar-refractivity contribution is 6.00. The van der Waals surface area contributed by atoms with Crippen LogP contribution in [0, 0.1) is 29.1 Å². The molecule has 0 spiro atoms. The zero-order valence-electron chi connectivity index (χ0n) is 17.7. The van der Waals surface area contributed by atoms with E-state index in [1.807, 2.05) is 30.3 Å². The van der Waals surface area contributed by atoms with Crippen molar-refractivity contribution in [1.29, 1.82) is 0 Å². The van der Waals surface area contributed by atoms with E-state index in [0.717, 1.165) is 5.56 Å². The van der Waals surface area contributed by atoms with Crippen molar-refractivity contribution in [3.63, 3.8) is 0 Å². The van der Waals surface area contributed by atoms with Crippen molar-refractivity contribution < 1.29 is 28.5 Å². The molecule has 6 heteroatoms. The van der Waals surface area contributed by atoms with Gasteiger partial charge in [0.15, 0.2) is 5.41 Å². The van der Waals surface area contributed by atoms with E-state index in [0.29, 0.717) is 13.2 Å². The van der Waals surface area contributed by atoms with Gasteiger partial charge in [-0.25, -0.2) is 0 Å². The van der Waals surface area contributed by atoms with Crippen LogP contribution in [-0.2, 0) is 35.1 Å². The van der Waals surface area contributed by atoms with E-state index in [1.54, 1.807) is 19.1 Å². The Kier molecular flexibility index (Phi) is 12.4. The van der Waals surface area contributed by atoms with Crippen LogP contribution in [-0.4, -0.2) is 46.0 Å². The SMILES string of the molecule is CC#CCC(C/C=C/COCC#CCOCc1ccccc1)(C(=O)OC)C(=O)OC. The molecule has 1 aromatic carbocycles. The van der Waals surface area contributed by atoms with Crippen molar-refractivity contribution >= 4 is 11.9 Å². The predicted molar refractivity (Wildman–Crippen MR) is 113 cm³/mol. The van der Waals surface area contributed by atoms with Gasteiger partial charge in [0.1, 0.15) is 13.2 Å². The minimum absolute atomic E-state index is 0.0164. The molecule has 0 aliphatic heterocycles. The average Bonchev–Trinajstić information content (AvgIpc) is 2.79. The number of benzene rings is 1. The Morgan fingerprint density at radius 3 is 2.17 bits per heavy atom. The van der Waals surface area contributed by atoms with Gasteiger partial charge < -0.3 is 18.9 Å². The molecule has 1 aromatic rings. The zero-order valence-corrected chi connectivity index (χ0v) is 17.7. The van der Waals surface area contributed by atoms with Crippen LogP contribution in [0.4, 0.5) is 0 Å². The number of hydrogen-bond acceptors (Lipinski definition) is 6. The number of hydrogen-bond donors (Lipinski definition) is 0. The summed E-state index contributed by atoms with van der Waals surface area (Å²) in [6, 6.07) is 9.87. The highest BCUT2D eigenvalue weighted by Gasteiger charge is 2.47. The van der Waals surface area contributed by atoms with Crippen molar-refractivity contribution in [2.45, 2.75) is 26.4 Å². The fraction of sp³-hybridized carbons (Fsp3) is 0.417. The highest BCUT2D eigenvalue weighted by Crippen LogP contribution is 2.30. The molecule has 0 aromatic heterocycles. The second kappa shape index (κ2) is 14.9. The second-order valence-corrected chi connectivity index (χ2v) is 6.19. The molecule has 1 rings (SSSR count). The van der Waals surface area contributed by atoms with E-state index in [2.05, 4.69) is 23.7 Å². The van der Waals surface area contributed by atoms with E-state index < -0.39 is 17.4 Å². The Hall–Kier alpha value is -3.06. The molecule has 0 atom stereocenters. The topological polar surface area (TPSA) is 71.1 Å². The molecule has 160 valence electrons. The molecule has 0 amide bonds. The van der Waals surface area contributed by atoms with Crippen molar-refractivity contribution in [3.05, 3.63) is 48.0 Å². The average molecular weight is 412 g/mol. The molecule has 0 aliphatic carbocycles. The Morgan fingerprint density at radius 1 is 0.933 bits per heavy atom. The van der Waals surface area contributed by atoms with Crippen LogP contribution in [0.3, 0.4) is 0 Å². The molecule has 0 fully saturated rings. The van der Waals surface area contributed by atoms with Gasteiger partial charge in [-0.3, -0.25) is 9.59 Å². The molecule has 0 saturated carbocycles. The lowest BCUT2D eigenvalue weighted by molar-refractivity contribution is -0.168. The van der Waals surface area contributed by atoms with Gasteiger partial charge in [-0.2, -0.15) is 0 Å². The molecule has 6 nitrogen and oxygen atoms in total. The minimum Gasteiger partial charge on any atom is -0.468 e. The first-order valence-corrected chi connectivity index (χ1v) is 9.47. The normalized spacial score (nSPS) is 10.5. The smallest absolute Gasteiger partial charge is 0.324 e. The maximum atomic E-state index is 12.2. The summed E-state index contributed by atoms with van der Waals surface area (Å²) in [7, 11) is 2.46. The van der Waals surface area contributed by atoms with Crippen molar-refractivity contribution in [1.82, 2.24) is 0 Å². The molecule has 0 N–H and O–H groups in total. The summed E-state index contributed by atoms with van der Waals surface area (Å²) in [4.78, 5) is 24.5. The number of rotatable bonds is 11. The third-order valence-corrected chi connectivity index (χ3v) is 4.15. The number of allylic oxidation sites excluding steroid dienone is 1. The van der Waals surface area contributed by atoms with Crippen LogP contribution in [0.2, 0.25) is 0 Å². The molecule has 0 saturated heterocycles. The highest BCUT2D eigenvalue weighted by atomic mass is 16.5. The number of esters is 2. The Morgan fingerprint density at radius 2 is 1.57 bits per heavy atom. The lowest BCUT2D eigenvalue weighted by atomic mass is 9.81. The maximum Gasteiger partial charge on any atom is 0.324 e. The summed E-state index contributed by atoms with van der Waals surface area (Å²) in [5.41, 5.74) is -0.389.